The van der Waals surface area contributed by atoms with E-state index in [9.17, 15) is 9.59 Å². The Balaban J connectivity index is 3.72. The summed E-state index contributed by atoms with van der Waals surface area (Å²) < 4.78 is 9.84. The molecule has 2 N–H and O–H groups in total. The van der Waals surface area contributed by atoms with Crippen molar-refractivity contribution in [3.8, 4) is 0 Å². The molecule has 15 heavy (non-hydrogen) atoms. The lowest BCUT2D eigenvalue weighted by molar-refractivity contribution is -0.117. The summed E-state index contributed by atoms with van der Waals surface area (Å²) in [6.45, 7) is 0.617. The maximum absolute atomic E-state index is 11.0. The molecular formula is C8H15ClN2O4. The molecule has 0 rings (SSSR count). The zero-order valence-corrected chi connectivity index (χ0v) is 9.47. The standard InChI is InChI=1S/C8H15ClN2O4/c1-14-5-6(15-2)4-10-8(13)11-7(12)3-9/h6H,3-5H2,1-2H3,(H2,10,11,12,13). The van der Waals surface area contributed by atoms with E-state index in [1.807, 2.05) is 5.32 Å². The summed E-state index contributed by atoms with van der Waals surface area (Å²) in [5.74, 6) is -0.797. The van der Waals surface area contributed by atoms with Gasteiger partial charge in [-0.3, -0.25) is 10.1 Å². The van der Waals surface area contributed by atoms with Gasteiger partial charge in [-0.25, -0.2) is 4.79 Å². The lowest BCUT2D eigenvalue weighted by atomic mass is 10.4. The summed E-state index contributed by atoms with van der Waals surface area (Å²) in [5.41, 5.74) is 0. The van der Waals surface area contributed by atoms with Gasteiger partial charge in [-0.1, -0.05) is 0 Å². The molecule has 0 spiro atoms. The van der Waals surface area contributed by atoms with Crippen molar-refractivity contribution in [3.05, 3.63) is 0 Å². The topological polar surface area (TPSA) is 76.7 Å². The van der Waals surface area contributed by atoms with Crippen molar-refractivity contribution in [1.29, 1.82) is 0 Å². The monoisotopic (exact) mass is 238 g/mol. The molecule has 0 aromatic rings. The number of alkyl halides is 1. The fourth-order valence-corrected chi connectivity index (χ4v) is 0.874. The third-order valence-electron chi connectivity index (χ3n) is 1.55. The van der Waals surface area contributed by atoms with Gasteiger partial charge in [0.2, 0.25) is 5.91 Å². The van der Waals surface area contributed by atoms with Gasteiger partial charge in [0.05, 0.1) is 12.7 Å². The minimum absolute atomic E-state index is 0.244. The molecule has 1 unspecified atom stereocenters. The first kappa shape index (κ1) is 14.2. The van der Waals surface area contributed by atoms with E-state index in [0.29, 0.717) is 6.61 Å². The Labute approximate surface area is 93.2 Å². The normalized spacial score (nSPS) is 11.9. The number of halogens is 1. The summed E-state index contributed by atoms with van der Waals surface area (Å²) in [4.78, 5) is 21.7. The first-order valence-electron chi connectivity index (χ1n) is 4.29. The van der Waals surface area contributed by atoms with Crippen LogP contribution in [0.5, 0.6) is 0 Å². The molecule has 0 aliphatic carbocycles. The first-order chi connectivity index (χ1) is 7.13. The number of carbonyl (C=O) groups is 2. The molecule has 0 fully saturated rings. The van der Waals surface area contributed by atoms with Gasteiger partial charge >= 0.3 is 6.03 Å². The zero-order valence-electron chi connectivity index (χ0n) is 8.71. The largest absolute Gasteiger partial charge is 0.382 e. The molecule has 7 heteroatoms. The van der Waals surface area contributed by atoms with Crippen LogP contribution in [0.15, 0.2) is 0 Å². The SMILES string of the molecule is COCC(CNC(=O)NC(=O)CCl)OC. The highest BCUT2D eigenvalue weighted by Gasteiger charge is 2.10. The van der Waals surface area contributed by atoms with Gasteiger partial charge < -0.3 is 14.8 Å². The summed E-state index contributed by atoms with van der Waals surface area (Å²) in [5, 5.41) is 4.48. The van der Waals surface area contributed by atoms with Gasteiger partial charge in [-0.15, -0.1) is 11.6 Å². The molecule has 0 aromatic heterocycles. The smallest absolute Gasteiger partial charge is 0.321 e. The Morgan fingerprint density at radius 1 is 1.40 bits per heavy atom. The Hall–Kier alpha value is -0.850. The van der Waals surface area contributed by atoms with Gasteiger partial charge in [0.25, 0.3) is 0 Å². The van der Waals surface area contributed by atoms with E-state index in [1.165, 1.54) is 14.2 Å². The van der Waals surface area contributed by atoms with Crippen LogP contribution in [-0.4, -0.2) is 51.3 Å². The van der Waals surface area contributed by atoms with Crippen LogP contribution < -0.4 is 10.6 Å². The quantitative estimate of drug-likeness (QED) is 0.624. The Kier molecular flexibility index (Phi) is 7.98. The number of imide groups is 1. The van der Waals surface area contributed by atoms with E-state index < -0.39 is 11.9 Å². The second-order valence-corrected chi connectivity index (χ2v) is 2.97. The Morgan fingerprint density at radius 2 is 2.07 bits per heavy atom. The Bertz CT molecular complexity index is 213. The van der Waals surface area contributed by atoms with E-state index in [0.717, 1.165) is 0 Å². The molecule has 88 valence electrons. The second kappa shape index (κ2) is 8.46. The highest BCUT2D eigenvalue weighted by molar-refractivity contribution is 6.28. The number of hydrogen-bond acceptors (Lipinski definition) is 4. The molecule has 0 radical (unpaired) electrons. The third kappa shape index (κ3) is 7.12. The summed E-state index contributed by atoms with van der Waals surface area (Å²) >= 11 is 5.20. The molecule has 0 aliphatic rings. The van der Waals surface area contributed by atoms with Gasteiger partial charge in [-0.05, 0) is 0 Å². The van der Waals surface area contributed by atoms with E-state index >= 15 is 0 Å². The number of amides is 3. The number of urea groups is 1. The minimum Gasteiger partial charge on any atom is -0.382 e. The molecule has 1 atom stereocenters. The fraction of sp³-hybridized carbons (Fsp3) is 0.750. The molecule has 0 aliphatic heterocycles. The van der Waals surface area contributed by atoms with Crippen LogP contribution >= 0.6 is 11.6 Å². The summed E-state index contributed by atoms with van der Waals surface area (Å²) in [6, 6.07) is -0.598. The number of hydrogen-bond donors (Lipinski definition) is 2. The maximum atomic E-state index is 11.0. The van der Waals surface area contributed by atoms with Crippen molar-refractivity contribution in [3.63, 3.8) is 0 Å². The van der Waals surface area contributed by atoms with Crippen LogP contribution in [0.2, 0.25) is 0 Å². The van der Waals surface area contributed by atoms with E-state index in [4.69, 9.17) is 21.1 Å². The highest BCUT2D eigenvalue weighted by atomic mass is 35.5. The van der Waals surface area contributed by atoms with Gasteiger partial charge in [0, 0.05) is 20.8 Å². The van der Waals surface area contributed by atoms with Crippen molar-refractivity contribution < 1.29 is 19.1 Å². The number of methoxy groups -OCH3 is 2. The van der Waals surface area contributed by atoms with Gasteiger partial charge in [0.15, 0.2) is 0 Å². The minimum atomic E-state index is -0.598. The van der Waals surface area contributed by atoms with Crippen molar-refractivity contribution >= 4 is 23.5 Å². The first-order valence-corrected chi connectivity index (χ1v) is 4.82. The molecule has 0 aromatic carbocycles. The van der Waals surface area contributed by atoms with Gasteiger partial charge in [-0.2, -0.15) is 0 Å². The fourth-order valence-electron chi connectivity index (χ4n) is 0.807. The predicted molar refractivity (Wildman–Crippen MR) is 54.9 cm³/mol. The lowest BCUT2D eigenvalue weighted by Crippen LogP contribution is -2.44. The predicted octanol–water partition coefficient (Wildman–Crippen LogP) is -0.288. The second-order valence-electron chi connectivity index (χ2n) is 2.70. The van der Waals surface area contributed by atoms with Crippen LogP contribution in [0, 0.1) is 0 Å². The number of ether oxygens (including phenoxy) is 2. The van der Waals surface area contributed by atoms with Crippen LogP contribution in [-0.2, 0) is 14.3 Å². The van der Waals surface area contributed by atoms with Crippen LogP contribution in [0.4, 0.5) is 4.79 Å². The number of rotatable bonds is 6. The van der Waals surface area contributed by atoms with E-state index in [1.54, 1.807) is 0 Å². The molecule has 3 amide bonds. The summed E-state index contributed by atoms with van der Waals surface area (Å²) in [7, 11) is 3.04. The third-order valence-corrected chi connectivity index (χ3v) is 1.79. The van der Waals surface area contributed by atoms with Gasteiger partial charge in [0.1, 0.15) is 5.88 Å². The number of nitrogens with one attached hydrogen (secondary N) is 2. The summed E-state index contributed by atoms with van der Waals surface area (Å²) in [6.07, 6.45) is -0.244. The average Bonchev–Trinajstić information content (AvgIpc) is 2.23. The molecular weight excluding hydrogens is 224 g/mol. The average molecular weight is 239 g/mol. The molecule has 0 heterocycles. The molecule has 0 bridgehead atoms. The van der Waals surface area contributed by atoms with Crippen molar-refractivity contribution in [2.45, 2.75) is 6.10 Å². The molecule has 0 saturated carbocycles. The number of carbonyl (C=O) groups excluding carboxylic acids is 2. The van der Waals surface area contributed by atoms with Crippen molar-refractivity contribution in [2.75, 3.05) is 33.3 Å². The molecule has 6 nitrogen and oxygen atoms in total. The van der Waals surface area contributed by atoms with Crippen molar-refractivity contribution in [2.24, 2.45) is 0 Å². The Morgan fingerprint density at radius 3 is 2.53 bits per heavy atom. The zero-order chi connectivity index (χ0) is 11.7. The lowest BCUT2D eigenvalue weighted by Gasteiger charge is -2.14. The maximum Gasteiger partial charge on any atom is 0.321 e. The van der Waals surface area contributed by atoms with E-state index in [2.05, 4.69) is 5.32 Å². The molecule has 0 saturated heterocycles. The van der Waals surface area contributed by atoms with Crippen LogP contribution in [0.1, 0.15) is 0 Å². The van der Waals surface area contributed by atoms with Crippen LogP contribution in [0.3, 0.4) is 0 Å². The van der Waals surface area contributed by atoms with E-state index in [-0.39, 0.29) is 18.5 Å². The van der Waals surface area contributed by atoms with Crippen LogP contribution in [0.25, 0.3) is 0 Å². The van der Waals surface area contributed by atoms with Crippen molar-refractivity contribution in [1.82, 2.24) is 10.6 Å². The highest BCUT2D eigenvalue weighted by Crippen LogP contribution is 1.88.